The number of ether oxygens (including phenoxy) is 1. The minimum absolute atomic E-state index is 0.291. The van der Waals surface area contributed by atoms with Crippen molar-refractivity contribution in [3.63, 3.8) is 0 Å². The van der Waals surface area contributed by atoms with Crippen LogP contribution >= 0.6 is 0 Å². The van der Waals surface area contributed by atoms with Crippen LogP contribution in [-0.2, 0) is 6.54 Å². The van der Waals surface area contributed by atoms with E-state index in [1.54, 1.807) is 7.11 Å². The van der Waals surface area contributed by atoms with E-state index in [-0.39, 0.29) is 0 Å². The summed E-state index contributed by atoms with van der Waals surface area (Å²) >= 11 is 0. The first-order chi connectivity index (χ1) is 8.83. The number of aliphatic hydroxyl groups is 1. The molecule has 1 aliphatic heterocycles. The van der Waals surface area contributed by atoms with Crippen molar-refractivity contribution in [2.75, 3.05) is 20.3 Å². The fraction of sp³-hybridized carbons (Fsp3) is 0.600. The lowest BCUT2D eigenvalue weighted by atomic mass is 9.99. The summed E-state index contributed by atoms with van der Waals surface area (Å²) in [5.74, 6) is 0.920. The topological polar surface area (TPSA) is 32.7 Å². The van der Waals surface area contributed by atoms with Crippen LogP contribution < -0.4 is 4.74 Å². The second-order valence-corrected chi connectivity index (χ2v) is 4.98. The summed E-state index contributed by atoms with van der Waals surface area (Å²) in [4.78, 5) is 2.49. The average Bonchev–Trinajstić information content (AvgIpc) is 2.41. The second-order valence-electron chi connectivity index (χ2n) is 4.98. The van der Waals surface area contributed by atoms with Crippen LogP contribution in [0.15, 0.2) is 24.3 Å². The van der Waals surface area contributed by atoms with Crippen molar-refractivity contribution in [2.45, 2.75) is 38.3 Å². The summed E-state index contributed by atoms with van der Waals surface area (Å²) < 4.78 is 5.26. The van der Waals surface area contributed by atoms with Gasteiger partial charge in [0.25, 0.3) is 0 Å². The van der Waals surface area contributed by atoms with Crippen molar-refractivity contribution in [2.24, 2.45) is 0 Å². The van der Waals surface area contributed by atoms with Gasteiger partial charge in [0.15, 0.2) is 0 Å². The maximum Gasteiger partial charge on any atom is 0.119 e. The fourth-order valence-electron chi connectivity index (χ4n) is 2.75. The zero-order valence-corrected chi connectivity index (χ0v) is 11.1. The summed E-state index contributed by atoms with van der Waals surface area (Å²) in [7, 11) is 1.70. The Morgan fingerprint density at radius 2 is 2.28 bits per heavy atom. The Morgan fingerprint density at radius 1 is 1.39 bits per heavy atom. The van der Waals surface area contributed by atoms with Crippen LogP contribution in [0.5, 0.6) is 5.75 Å². The SMILES string of the molecule is COc1cccc(CN2CCCCC2CCO)c1. The maximum absolute atomic E-state index is 9.14. The average molecular weight is 249 g/mol. The number of likely N-dealkylation sites (tertiary alicyclic amines) is 1. The molecule has 0 saturated carbocycles. The van der Waals surface area contributed by atoms with Crippen LogP contribution in [0.3, 0.4) is 0 Å². The monoisotopic (exact) mass is 249 g/mol. The third-order valence-corrected chi connectivity index (χ3v) is 3.73. The number of aliphatic hydroxyl groups excluding tert-OH is 1. The van der Waals surface area contributed by atoms with E-state index in [1.165, 1.54) is 24.8 Å². The van der Waals surface area contributed by atoms with Crippen LogP contribution in [0.4, 0.5) is 0 Å². The van der Waals surface area contributed by atoms with Gasteiger partial charge in [-0.1, -0.05) is 18.6 Å². The Labute approximate surface area is 109 Å². The van der Waals surface area contributed by atoms with Crippen molar-refractivity contribution >= 4 is 0 Å². The summed E-state index contributed by atoms with van der Waals surface area (Å²) in [6.45, 7) is 2.39. The van der Waals surface area contributed by atoms with Gasteiger partial charge < -0.3 is 9.84 Å². The first-order valence-corrected chi connectivity index (χ1v) is 6.81. The molecule has 1 aromatic carbocycles. The molecule has 3 nitrogen and oxygen atoms in total. The van der Waals surface area contributed by atoms with E-state index in [2.05, 4.69) is 17.0 Å². The van der Waals surface area contributed by atoms with Crippen molar-refractivity contribution in [1.29, 1.82) is 0 Å². The molecule has 1 aromatic rings. The Kier molecular flexibility index (Phi) is 5.02. The number of rotatable bonds is 5. The van der Waals surface area contributed by atoms with Crippen LogP contribution in [0.25, 0.3) is 0 Å². The molecule has 1 unspecified atom stereocenters. The number of benzene rings is 1. The third kappa shape index (κ3) is 3.47. The molecule has 1 saturated heterocycles. The molecule has 0 aliphatic carbocycles. The zero-order valence-electron chi connectivity index (χ0n) is 11.1. The molecule has 1 atom stereocenters. The van der Waals surface area contributed by atoms with Gasteiger partial charge in [-0.15, -0.1) is 0 Å². The molecular weight excluding hydrogens is 226 g/mol. The van der Waals surface area contributed by atoms with Gasteiger partial charge in [-0.3, -0.25) is 4.90 Å². The molecule has 1 aliphatic rings. The molecular formula is C15H23NO2. The van der Waals surface area contributed by atoms with Crippen molar-refractivity contribution in [1.82, 2.24) is 4.90 Å². The second kappa shape index (κ2) is 6.76. The molecule has 0 radical (unpaired) electrons. The smallest absolute Gasteiger partial charge is 0.119 e. The minimum Gasteiger partial charge on any atom is -0.497 e. The van der Waals surface area contributed by atoms with E-state index in [1.807, 2.05) is 12.1 Å². The molecule has 18 heavy (non-hydrogen) atoms. The molecule has 0 amide bonds. The van der Waals surface area contributed by atoms with E-state index in [0.29, 0.717) is 12.6 Å². The number of hydrogen-bond acceptors (Lipinski definition) is 3. The summed E-state index contributed by atoms with van der Waals surface area (Å²) in [5, 5.41) is 9.14. The van der Waals surface area contributed by atoms with Gasteiger partial charge in [-0.2, -0.15) is 0 Å². The number of nitrogens with zero attached hydrogens (tertiary/aromatic N) is 1. The molecule has 0 aromatic heterocycles. The Morgan fingerprint density at radius 3 is 3.06 bits per heavy atom. The predicted octanol–water partition coefficient (Wildman–Crippen LogP) is 2.43. The van der Waals surface area contributed by atoms with Gasteiger partial charge in [0.2, 0.25) is 0 Å². The highest BCUT2D eigenvalue weighted by atomic mass is 16.5. The molecule has 1 fully saturated rings. The van der Waals surface area contributed by atoms with Gasteiger partial charge >= 0.3 is 0 Å². The Bertz CT molecular complexity index is 365. The third-order valence-electron chi connectivity index (χ3n) is 3.73. The van der Waals surface area contributed by atoms with Crippen LogP contribution in [0.1, 0.15) is 31.2 Å². The van der Waals surface area contributed by atoms with E-state index in [9.17, 15) is 0 Å². The number of hydrogen-bond donors (Lipinski definition) is 1. The normalized spacial score (nSPS) is 20.9. The highest BCUT2D eigenvalue weighted by molar-refractivity contribution is 5.28. The Balaban J connectivity index is 2.01. The van der Waals surface area contributed by atoms with Crippen LogP contribution in [0, 0.1) is 0 Å². The molecule has 0 bridgehead atoms. The first kappa shape index (κ1) is 13.4. The molecule has 0 spiro atoms. The van der Waals surface area contributed by atoms with Gasteiger partial charge in [-0.05, 0) is 43.5 Å². The molecule has 2 rings (SSSR count). The maximum atomic E-state index is 9.14. The van der Waals surface area contributed by atoms with E-state index < -0.39 is 0 Å². The lowest BCUT2D eigenvalue weighted by molar-refractivity contribution is 0.112. The molecule has 1 heterocycles. The van der Waals surface area contributed by atoms with E-state index >= 15 is 0 Å². The van der Waals surface area contributed by atoms with Crippen LogP contribution in [0.2, 0.25) is 0 Å². The quantitative estimate of drug-likeness (QED) is 0.870. The molecule has 1 N–H and O–H groups in total. The largest absolute Gasteiger partial charge is 0.497 e. The van der Waals surface area contributed by atoms with Crippen molar-refractivity contribution in [3.8, 4) is 5.75 Å². The van der Waals surface area contributed by atoms with Crippen molar-refractivity contribution in [3.05, 3.63) is 29.8 Å². The van der Waals surface area contributed by atoms with E-state index in [0.717, 1.165) is 25.3 Å². The Hall–Kier alpha value is -1.06. The fourth-order valence-corrected chi connectivity index (χ4v) is 2.75. The molecule has 3 heteroatoms. The van der Waals surface area contributed by atoms with Gasteiger partial charge in [-0.25, -0.2) is 0 Å². The highest BCUT2D eigenvalue weighted by Gasteiger charge is 2.21. The predicted molar refractivity (Wildman–Crippen MR) is 72.7 cm³/mol. The highest BCUT2D eigenvalue weighted by Crippen LogP contribution is 2.23. The number of piperidine rings is 1. The lowest BCUT2D eigenvalue weighted by Gasteiger charge is -2.35. The van der Waals surface area contributed by atoms with Gasteiger partial charge in [0.1, 0.15) is 5.75 Å². The zero-order chi connectivity index (χ0) is 12.8. The van der Waals surface area contributed by atoms with Crippen molar-refractivity contribution < 1.29 is 9.84 Å². The summed E-state index contributed by atoms with van der Waals surface area (Å²) in [6.07, 6.45) is 4.67. The van der Waals surface area contributed by atoms with Gasteiger partial charge in [0, 0.05) is 19.2 Å². The summed E-state index contributed by atoms with van der Waals surface area (Å²) in [6, 6.07) is 8.80. The molecule has 100 valence electrons. The van der Waals surface area contributed by atoms with Crippen LogP contribution in [-0.4, -0.2) is 36.3 Å². The standard InChI is InChI=1S/C15H23NO2/c1-18-15-7-4-5-13(11-15)12-16-9-3-2-6-14(16)8-10-17/h4-5,7,11,14,17H,2-3,6,8-10,12H2,1H3. The van der Waals surface area contributed by atoms with Gasteiger partial charge in [0.05, 0.1) is 7.11 Å². The number of methoxy groups -OCH3 is 1. The minimum atomic E-state index is 0.291. The van der Waals surface area contributed by atoms with E-state index in [4.69, 9.17) is 9.84 Å². The summed E-state index contributed by atoms with van der Waals surface area (Å²) in [5.41, 5.74) is 1.29. The lowest BCUT2D eigenvalue weighted by Crippen LogP contribution is -2.39. The first-order valence-electron chi connectivity index (χ1n) is 6.81.